The third-order valence-electron chi connectivity index (χ3n) is 3.26. The van der Waals surface area contributed by atoms with E-state index in [-0.39, 0.29) is 42.2 Å². The molecular formula is C16H19IN4O4. The largest absolute Gasteiger partial charge is 0.497 e. The average Bonchev–Trinajstić information content (AvgIpc) is 2.60. The van der Waals surface area contributed by atoms with Gasteiger partial charge in [-0.1, -0.05) is 0 Å². The molecule has 0 amide bonds. The summed E-state index contributed by atoms with van der Waals surface area (Å²) in [6.45, 7) is 0.153. The molecule has 0 bridgehead atoms. The van der Waals surface area contributed by atoms with E-state index in [0.29, 0.717) is 11.3 Å². The lowest BCUT2D eigenvalue weighted by Crippen LogP contribution is -2.22. The Bertz CT molecular complexity index is 750. The number of guanidine groups is 1. The Balaban J connectivity index is 0.00000312. The number of nitrogens with one attached hydrogen (secondary N) is 1. The number of ether oxygens (including phenoxy) is 2. The van der Waals surface area contributed by atoms with Gasteiger partial charge in [0.05, 0.1) is 25.7 Å². The maximum Gasteiger partial charge on any atom is 0.270 e. The van der Waals surface area contributed by atoms with Crippen molar-refractivity contribution in [1.29, 1.82) is 0 Å². The van der Waals surface area contributed by atoms with E-state index in [1.54, 1.807) is 31.4 Å². The lowest BCUT2D eigenvalue weighted by molar-refractivity contribution is -0.384. The zero-order chi connectivity index (χ0) is 17.5. The fourth-order valence-electron chi connectivity index (χ4n) is 2.03. The zero-order valence-electron chi connectivity index (χ0n) is 13.8. The van der Waals surface area contributed by atoms with Crippen molar-refractivity contribution in [2.75, 3.05) is 19.5 Å². The molecule has 134 valence electrons. The van der Waals surface area contributed by atoms with E-state index in [9.17, 15) is 10.1 Å². The van der Waals surface area contributed by atoms with Crippen molar-refractivity contribution in [3.8, 4) is 11.5 Å². The van der Waals surface area contributed by atoms with Crippen LogP contribution in [0.25, 0.3) is 0 Å². The van der Waals surface area contributed by atoms with Gasteiger partial charge in [0, 0.05) is 23.4 Å². The standard InChI is InChI=1S/C16H18N4O4.HI/c1-23-14-6-3-12(4-7-14)19-16(17)18-10-11-9-13(20(21)22)5-8-15(11)24-2;/h3-9H,10H2,1-2H3,(H3,17,18,19);1H. The number of nitro benzene ring substituents is 1. The van der Waals surface area contributed by atoms with E-state index in [1.807, 2.05) is 0 Å². The number of aliphatic imine (C=N–C) groups is 1. The smallest absolute Gasteiger partial charge is 0.270 e. The van der Waals surface area contributed by atoms with Crippen LogP contribution in [0, 0.1) is 10.1 Å². The molecule has 0 aromatic heterocycles. The van der Waals surface area contributed by atoms with Crippen LogP contribution in [0.4, 0.5) is 11.4 Å². The summed E-state index contributed by atoms with van der Waals surface area (Å²) >= 11 is 0. The van der Waals surface area contributed by atoms with Crippen molar-refractivity contribution in [3.63, 3.8) is 0 Å². The number of methoxy groups -OCH3 is 2. The van der Waals surface area contributed by atoms with E-state index in [1.165, 1.54) is 25.3 Å². The quantitative estimate of drug-likeness (QED) is 0.226. The highest BCUT2D eigenvalue weighted by atomic mass is 127. The number of nitrogens with zero attached hydrogens (tertiary/aromatic N) is 2. The molecule has 0 radical (unpaired) electrons. The fraction of sp³-hybridized carbons (Fsp3) is 0.188. The van der Waals surface area contributed by atoms with Crippen molar-refractivity contribution >= 4 is 41.3 Å². The first kappa shape index (κ1) is 20.5. The number of halogens is 1. The minimum absolute atomic E-state index is 0. The molecule has 0 saturated carbocycles. The predicted octanol–water partition coefficient (Wildman–Crippen LogP) is 3.16. The van der Waals surface area contributed by atoms with E-state index in [0.717, 1.165) is 11.4 Å². The van der Waals surface area contributed by atoms with Gasteiger partial charge in [0.2, 0.25) is 0 Å². The second-order valence-corrected chi connectivity index (χ2v) is 4.81. The molecule has 9 heteroatoms. The van der Waals surface area contributed by atoms with E-state index in [2.05, 4.69) is 10.3 Å². The molecule has 8 nitrogen and oxygen atoms in total. The van der Waals surface area contributed by atoms with Gasteiger partial charge in [-0.25, -0.2) is 4.99 Å². The second-order valence-electron chi connectivity index (χ2n) is 4.81. The minimum Gasteiger partial charge on any atom is -0.497 e. The molecule has 0 unspecified atom stereocenters. The SMILES string of the molecule is COc1ccc(NC(N)=NCc2cc([N+](=O)[O-])ccc2OC)cc1.I. The van der Waals surface area contributed by atoms with Crippen LogP contribution >= 0.6 is 24.0 Å². The third kappa shape index (κ3) is 5.78. The fourth-order valence-corrected chi connectivity index (χ4v) is 2.03. The van der Waals surface area contributed by atoms with Gasteiger partial charge in [-0.15, -0.1) is 24.0 Å². The van der Waals surface area contributed by atoms with Gasteiger partial charge in [0.15, 0.2) is 5.96 Å². The number of non-ortho nitro benzene ring substituents is 1. The summed E-state index contributed by atoms with van der Waals surface area (Å²) in [4.78, 5) is 14.6. The highest BCUT2D eigenvalue weighted by Gasteiger charge is 2.11. The van der Waals surface area contributed by atoms with Gasteiger partial charge < -0.3 is 20.5 Å². The topological polar surface area (TPSA) is 112 Å². The number of hydrogen-bond acceptors (Lipinski definition) is 5. The highest BCUT2D eigenvalue weighted by molar-refractivity contribution is 14.0. The molecule has 0 aliphatic heterocycles. The van der Waals surface area contributed by atoms with Crippen LogP contribution in [0.5, 0.6) is 11.5 Å². The monoisotopic (exact) mass is 458 g/mol. The number of nitrogens with two attached hydrogens (primary N) is 1. The van der Waals surface area contributed by atoms with Crippen molar-refractivity contribution in [3.05, 3.63) is 58.1 Å². The number of hydrogen-bond donors (Lipinski definition) is 2. The molecular weight excluding hydrogens is 439 g/mol. The molecule has 0 aliphatic rings. The van der Waals surface area contributed by atoms with Gasteiger partial charge in [0.1, 0.15) is 11.5 Å². The summed E-state index contributed by atoms with van der Waals surface area (Å²) in [5, 5.41) is 13.8. The van der Waals surface area contributed by atoms with E-state index in [4.69, 9.17) is 15.2 Å². The number of nitro groups is 1. The van der Waals surface area contributed by atoms with E-state index >= 15 is 0 Å². The molecule has 0 fully saturated rings. The minimum atomic E-state index is -0.467. The van der Waals surface area contributed by atoms with Gasteiger partial charge >= 0.3 is 0 Å². The summed E-state index contributed by atoms with van der Waals surface area (Å²) in [7, 11) is 3.08. The van der Waals surface area contributed by atoms with Crippen molar-refractivity contribution in [2.24, 2.45) is 10.7 Å². The van der Waals surface area contributed by atoms with Crippen molar-refractivity contribution < 1.29 is 14.4 Å². The summed E-state index contributed by atoms with van der Waals surface area (Å²) in [6.07, 6.45) is 0. The molecule has 2 rings (SSSR count). The first-order chi connectivity index (χ1) is 11.5. The Kier molecular flexibility index (Phi) is 7.92. The zero-order valence-corrected chi connectivity index (χ0v) is 16.1. The predicted molar refractivity (Wildman–Crippen MR) is 107 cm³/mol. The van der Waals surface area contributed by atoms with Crippen LogP contribution in [0.1, 0.15) is 5.56 Å². The second kappa shape index (κ2) is 9.67. The lowest BCUT2D eigenvalue weighted by atomic mass is 10.2. The van der Waals surface area contributed by atoms with E-state index < -0.39 is 4.92 Å². The first-order valence-electron chi connectivity index (χ1n) is 7.05. The normalized spacial score (nSPS) is 10.6. The molecule has 25 heavy (non-hydrogen) atoms. The molecule has 0 spiro atoms. The van der Waals surface area contributed by atoms with Gasteiger partial charge in [-0.2, -0.15) is 0 Å². The maximum absolute atomic E-state index is 10.9. The van der Waals surface area contributed by atoms with Crippen LogP contribution in [0.3, 0.4) is 0 Å². The summed E-state index contributed by atoms with van der Waals surface area (Å²) in [5.74, 6) is 1.44. The Hall–Kier alpha value is -2.56. The first-order valence-corrected chi connectivity index (χ1v) is 7.05. The number of rotatable bonds is 6. The Morgan fingerprint density at radius 2 is 1.88 bits per heavy atom. The summed E-state index contributed by atoms with van der Waals surface area (Å²) in [6, 6.07) is 11.5. The third-order valence-corrected chi connectivity index (χ3v) is 3.26. The van der Waals surface area contributed by atoms with Gasteiger partial charge in [-0.3, -0.25) is 10.1 Å². The molecule has 0 saturated heterocycles. The molecule has 0 heterocycles. The van der Waals surface area contributed by atoms with Crippen LogP contribution in [-0.2, 0) is 6.54 Å². The van der Waals surface area contributed by atoms with Crippen molar-refractivity contribution in [1.82, 2.24) is 0 Å². The molecule has 0 aliphatic carbocycles. The average molecular weight is 458 g/mol. The van der Waals surface area contributed by atoms with Crippen LogP contribution < -0.4 is 20.5 Å². The van der Waals surface area contributed by atoms with Crippen LogP contribution in [0.2, 0.25) is 0 Å². The van der Waals surface area contributed by atoms with Crippen LogP contribution in [0.15, 0.2) is 47.5 Å². The molecule has 2 aromatic carbocycles. The van der Waals surface area contributed by atoms with Gasteiger partial charge in [-0.05, 0) is 30.3 Å². The molecule has 0 atom stereocenters. The Labute approximate surface area is 162 Å². The summed E-state index contributed by atoms with van der Waals surface area (Å²) in [5.41, 5.74) is 7.15. The molecule has 2 aromatic rings. The summed E-state index contributed by atoms with van der Waals surface area (Å²) < 4.78 is 10.3. The molecule has 3 N–H and O–H groups in total. The Morgan fingerprint density at radius 3 is 2.44 bits per heavy atom. The van der Waals surface area contributed by atoms with Crippen molar-refractivity contribution in [2.45, 2.75) is 6.54 Å². The number of anilines is 1. The maximum atomic E-state index is 10.9. The highest BCUT2D eigenvalue weighted by Crippen LogP contribution is 2.24. The lowest BCUT2D eigenvalue weighted by Gasteiger charge is -2.08. The Morgan fingerprint density at radius 1 is 1.20 bits per heavy atom. The van der Waals surface area contributed by atoms with Gasteiger partial charge in [0.25, 0.3) is 5.69 Å². The number of benzene rings is 2. The van der Waals surface area contributed by atoms with Crippen LogP contribution in [-0.4, -0.2) is 25.1 Å².